The minimum Gasteiger partial charge on any atom is -0.320 e. The minimum absolute atomic E-state index is 0.0517. The third-order valence-electron chi connectivity index (χ3n) is 3.13. The van der Waals surface area contributed by atoms with Crippen molar-refractivity contribution in [3.8, 4) is 10.6 Å². The Balaban J connectivity index is 1.83. The van der Waals surface area contributed by atoms with Crippen LogP contribution < -0.4 is 5.32 Å². The van der Waals surface area contributed by atoms with Crippen LogP contribution in [0.5, 0.6) is 0 Å². The van der Waals surface area contributed by atoms with Gasteiger partial charge in [-0.05, 0) is 24.3 Å². The average Bonchev–Trinajstić information content (AvgIpc) is 3.05. The third-order valence-corrected chi connectivity index (χ3v) is 4.02. The summed E-state index contributed by atoms with van der Waals surface area (Å²) in [7, 11) is 0. The molecule has 0 unspecified atom stereocenters. The van der Waals surface area contributed by atoms with Crippen molar-refractivity contribution in [2.24, 2.45) is 0 Å². The van der Waals surface area contributed by atoms with Crippen LogP contribution in [0.2, 0.25) is 0 Å². The van der Waals surface area contributed by atoms with Crippen molar-refractivity contribution >= 4 is 22.9 Å². The fourth-order valence-corrected chi connectivity index (χ4v) is 2.82. The van der Waals surface area contributed by atoms with Gasteiger partial charge in [-0.25, -0.2) is 4.98 Å². The van der Waals surface area contributed by atoms with Gasteiger partial charge >= 0.3 is 6.18 Å². The molecule has 2 aromatic heterocycles. The van der Waals surface area contributed by atoms with Gasteiger partial charge in [-0.3, -0.25) is 9.78 Å². The molecule has 0 aliphatic rings. The highest BCUT2D eigenvalue weighted by molar-refractivity contribution is 7.13. The van der Waals surface area contributed by atoms with Crippen LogP contribution >= 0.6 is 11.3 Å². The van der Waals surface area contributed by atoms with E-state index in [1.54, 1.807) is 24.5 Å². The van der Waals surface area contributed by atoms with E-state index in [0.29, 0.717) is 5.01 Å². The van der Waals surface area contributed by atoms with Crippen LogP contribution in [-0.4, -0.2) is 15.9 Å². The number of anilines is 1. The van der Waals surface area contributed by atoms with Crippen LogP contribution in [-0.2, 0) is 6.18 Å². The zero-order valence-electron chi connectivity index (χ0n) is 12.0. The first-order valence-electron chi connectivity index (χ1n) is 6.78. The molecule has 24 heavy (non-hydrogen) atoms. The maximum absolute atomic E-state index is 13.0. The van der Waals surface area contributed by atoms with Gasteiger partial charge in [0.1, 0.15) is 10.7 Å². The molecule has 0 spiro atoms. The Morgan fingerprint density at radius 1 is 1.12 bits per heavy atom. The van der Waals surface area contributed by atoms with Gasteiger partial charge in [-0.15, -0.1) is 11.3 Å². The number of amides is 1. The molecule has 0 fully saturated rings. The molecule has 0 saturated carbocycles. The number of carbonyl (C=O) groups is 1. The van der Waals surface area contributed by atoms with Crippen molar-refractivity contribution in [1.29, 1.82) is 0 Å². The highest BCUT2D eigenvalue weighted by atomic mass is 32.1. The number of alkyl halides is 3. The van der Waals surface area contributed by atoms with Crippen LogP contribution in [0.4, 0.5) is 18.9 Å². The number of para-hydroxylation sites is 1. The van der Waals surface area contributed by atoms with Crippen molar-refractivity contribution in [3.63, 3.8) is 0 Å². The predicted octanol–water partition coefficient (Wildman–Crippen LogP) is 4.48. The largest absolute Gasteiger partial charge is 0.418 e. The first-order valence-corrected chi connectivity index (χ1v) is 7.66. The second-order valence-electron chi connectivity index (χ2n) is 4.78. The van der Waals surface area contributed by atoms with Crippen molar-refractivity contribution in [3.05, 3.63) is 65.4 Å². The van der Waals surface area contributed by atoms with Gasteiger partial charge in [0.05, 0.1) is 11.3 Å². The lowest BCUT2D eigenvalue weighted by molar-refractivity contribution is -0.136. The number of aromatic nitrogens is 2. The summed E-state index contributed by atoms with van der Waals surface area (Å²) in [5.74, 6) is -0.696. The van der Waals surface area contributed by atoms with Gasteiger partial charge in [0, 0.05) is 23.3 Å². The van der Waals surface area contributed by atoms with E-state index in [1.807, 2.05) is 0 Å². The summed E-state index contributed by atoms with van der Waals surface area (Å²) >= 11 is 1.22. The maximum atomic E-state index is 13.0. The van der Waals surface area contributed by atoms with Crippen LogP contribution in [0.3, 0.4) is 0 Å². The molecule has 1 N–H and O–H groups in total. The summed E-state index contributed by atoms with van der Waals surface area (Å²) in [6.45, 7) is 0. The average molecular weight is 349 g/mol. The molecule has 0 bridgehead atoms. The SMILES string of the molecule is O=C(Nc1ccccc1C(F)(F)F)c1csc(-c2cccnc2)n1. The Morgan fingerprint density at radius 2 is 1.92 bits per heavy atom. The van der Waals surface area contributed by atoms with E-state index in [2.05, 4.69) is 15.3 Å². The number of nitrogens with zero attached hydrogens (tertiary/aromatic N) is 2. The molecular formula is C16H10F3N3OS. The molecule has 2 heterocycles. The molecular weight excluding hydrogens is 339 g/mol. The molecule has 1 aromatic carbocycles. The van der Waals surface area contributed by atoms with Crippen LogP contribution in [0.1, 0.15) is 16.1 Å². The van der Waals surface area contributed by atoms with E-state index in [4.69, 9.17) is 0 Å². The summed E-state index contributed by atoms with van der Waals surface area (Å²) in [4.78, 5) is 20.3. The Bertz CT molecular complexity index is 862. The maximum Gasteiger partial charge on any atom is 0.418 e. The Hall–Kier alpha value is -2.74. The molecule has 1 amide bonds. The standard InChI is InChI=1S/C16H10F3N3OS/c17-16(18,19)11-5-1-2-6-12(11)21-14(23)13-9-24-15(22-13)10-4-3-7-20-8-10/h1-9H,(H,21,23). The highest BCUT2D eigenvalue weighted by Crippen LogP contribution is 2.34. The number of pyridine rings is 1. The summed E-state index contributed by atoms with van der Waals surface area (Å²) < 4.78 is 38.9. The Morgan fingerprint density at radius 3 is 2.62 bits per heavy atom. The molecule has 0 aliphatic carbocycles. The predicted molar refractivity (Wildman–Crippen MR) is 84.7 cm³/mol. The lowest BCUT2D eigenvalue weighted by Crippen LogP contribution is -2.16. The fourth-order valence-electron chi connectivity index (χ4n) is 2.03. The van der Waals surface area contributed by atoms with E-state index >= 15 is 0 Å². The van der Waals surface area contributed by atoms with Gasteiger partial charge in [-0.2, -0.15) is 13.2 Å². The Kier molecular flexibility index (Phi) is 4.30. The van der Waals surface area contributed by atoms with Gasteiger partial charge in [0.25, 0.3) is 5.91 Å². The lowest BCUT2D eigenvalue weighted by Gasteiger charge is -2.12. The number of benzene rings is 1. The molecule has 122 valence electrons. The van der Waals surface area contributed by atoms with E-state index in [9.17, 15) is 18.0 Å². The van der Waals surface area contributed by atoms with Crippen LogP contribution in [0.15, 0.2) is 54.2 Å². The molecule has 8 heteroatoms. The topological polar surface area (TPSA) is 54.9 Å². The highest BCUT2D eigenvalue weighted by Gasteiger charge is 2.33. The monoisotopic (exact) mass is 349 g/mol. The number of thiazole rings is 1. The third kappa shape index (κ3) is 3.43. The Labute approximate surface area is 139 Å². The zero-order chi connectivity index (χ0) is 17.2. The van der Waals surface area contributed by atoms with Crippen molar-refractivity contribution in [2.45, 2.75) is 6.18 Å². The van der Waals surface area contributed by atoms with E-state index in [-0.39, 0.29) is 11.4 Å². The normalized spacial score (nSPS) is 11.3. The molecule has 3 rings (SSSR count). The van der Waals surface area contributed by atoms with Crippen molar-refractivity contribution < 1.29 is 18.0 Å². The fraction of sp³-hybridized carbons (Fsp3) is 0.0625. The smallest absolute Gasteiger partial charge is 0.320 e. The van der Waals surface area contributed by atoms with E-state index in [1.165, 1.54) is 34.9 Å². The molecule has 0 aliphatic heterocycles. The lowest BCUT2D eigenvalue weighted by atomic mass is 10.1. The van der Waals surface area contributed by atoms with Crippen molar-refractivity contribution in [2.75, 3.05) is 5.32 Å². The number of carbonyl (C=O) groups excluding carboxylic acids is 1. The van der Waals surface area contributed by atoms with Crippen molar-refractivity contribution in [1.82, 2.24) is 9.97 Å². The first kappa shape index (κ1) is 16.1. The molecule has 0 saturated heterocycles. The van der Waals surface area contributed by atoms with Gasteiger partial charge in [-0.1, -0.05) is 12.1 Å². The molecule has 4 nitrogen and oxygen atoms in total. The number of rotatable bonds is 3. The molecule has 3 aromatic rings. The van der Waals surface area contributed by atoms with Gasteiger partial charge < -0.3 is 5.32 Å². The molecule has 0 atom stereocenters. The molecule has 0 radical (unpaired) electrons. The summed E-state index contributed by atoms with van der Waals surface area (Å²) in [6.07, 6.45) is -1.34. The zero-order valence-corrected chi connectivity index (χ0v) is 12.9. The summed E-state index contributed by atoms with van der Waals surface area (Å²) in [5.41, 5.74) is -0.417. The number of hydrogen-bond donors (Lipinski definition) is 1. The van der Waals surface area contributed by atoms with E-state index < -0.39 is 17.6 Å². The quantitative estimate of drug-likeness (QED) is 0.759. The van der Waals surface area contributed by atoms with E-state index in [0.717, 1.165) is 11.6 Å². The van der Waals surface area contributed by atoms with Crippen LogP contribution in [0, 0.1) is 0 Å². The second-order valence-corrected chi connectivity index (χ2v) is 5.64. The minimum atomic E-state index is -4.55. The number of halogens is 3. The van der Waals surface area contributed by atoms with Gasteiger partial charge in [0.15, 0.2) is 0 Å². The second kappa shape index (κ2) is 6.40. The summed E-state index contributed by atoms with van der Waals surface area (Å²) in [6, 6.07) is 8.32. The first-order chi connectivity index (χ1) is 11.4. The van der Waals surface area contributed by atoms with Crippen LogP contribution in [0.25, 0.3) is 10.6 Å². The van der Waals surface area contributed by atoms with Gasteiger partial charge in [0.2, 0.25) is 0 Å². The number of nitrogens with one attached hydrogen (secondary N) is 1. The summed E-state index contributed by atoms with van der Waals surface area (Å²) in [5, 5.41) is 4.33. The number of hydrogen-bond acceptors (Lipinski definition) is 4.